The molecule has 0 saturated carbocycles. The van der Waals surface area contributed by atoms with Crippen LogP contribution in [0.15, 0.2) is 46.0 Å². The van der Waals surface area contributed by atoms with Gasteiger partial charge in [-0.2, -0.15) is 0 Å². The number of hydrogen-bond acceptors (Lipinski definition) is 8. The number of fused-ring (bicyclic) bond motifs is 1. The number of aromatic hydroxyl groups is 1. The van der Waals surface area contributed by atoms with Crippen LogP contribution < -0.4 is 5.32 Å². The van der Waals surface area contributed by atoms with Crippen LogP contribution in [0.25, 0.3) is 17.1 Å². The highest BCUT2D eigenvalue weighted by Gasteiger charge is 2.34. The minimum Gasteiger partial charge on any atom is -0.507 e. The van der Waals surface area contributed by atoms with Gasteiger partial charge in [-0.25, -0.2) is 4.79 Å². The van der Waals surface area contributed by atoms with Crippen molar-refractivity contribution in [2.45, 2.75) is 66.0 Å². The fraction of sp³-hybridized carbons (Fsp3) is 0.394. The maximum absolute atomic E-state index is 13.4. The number of carbonyl (C=O) groups is 2. The Balaban J connectivity index is 1.44. The van der Waals surface area contributed by atoms with Crippen molar-refractivity contribution in [3.8, 4) is 22.8 Å². The molecular weight excluding hydrogens is 660 g/mol. The number of rotatable bonds is 8. The summed E-state index contributed by atoms with van der Waals surface area (Å²) in [6.07, 6.45) is 2.66. The maximum atomic E-state index is 13.4. The molecule has 0 bridgehead atoms. The Morgan fingerprint density at radius 1 is 1.18 bits per heavy atom. The summed E-state index contributed by atoms with van der Waals surface area (Å²) >= 11 is 6.22. The summed E-state index contributed by atoms with van der Waals surface area (Å²) in [6, 6.07) is 11.2. The second-order valence-corrected chi connectivity index (χ2v) is 15.1. The molecule has 1 aliphatic rings. The Hall–Kier alpha value is -3.15. The second-order valence-electron chi connectivity index (χ2n) is 12.2. The van der Waals surface area contributed by atoms with Crippen molar-refractivity contribution in [2.24, 2.45) is 11.3 Å². The molecule has 44 heavy (non-hydrogen) atoms. The molecule has 0 spiro atoms. The molecule has 11 heteroatoms. The van der Waals surface area contributed by atoms with Crippen LogP contribution in [0.4, 0.5) is 5.00 Å². The van der Waals surface area contributed by atoms with Gasteiger partial charge in [-0.1, -0.05) is 66.2 Å². The molecule has 2 aromatic heterocycles. The molecule has 0 fully saturated rings. The van der Waals surface area contributed by atoms with Crippen molar-refractivity contribution in [1.82, 2.24) is 14.8 Å². The molecular formula is C33H37BrN4O4S2. The van der Waals surface area contributed by atoms with E-state index in [1.165, 1.54) is 23.1 Å². The van der Waals surface area contributed by atoms with Crippen molar-refractivity contribution in [2.75, 3.05) is 17.7 Å². The third kappa shape index (κ3) is 6.74. The van der Waals surface area contributed by atoms with Gasteiger partial charge in [0.2, 0.25) is 5.91 Å². The van der Waals surface area contributed by atoms with Gasteiger partial charge in [-0.3, -0.25) is 9.36 Å². The Labute approximate surface area is 274 Å². The number of phenolic OH excluding ortho intramolecular Hbond substituents is 1. The summed E-state index contributed by atoms with van der Waals surface area (Å²) in [5, 5.41) is 23.6. The van der Waals surface area contributed by atoms with Gasteiger partial charge in [0.1, 0.15) is 10.8 Å². The lowest BCUT2D eigenvalue weighted by molar-refractivity contribution is -0.113. The first-order valence-electron chi connectivity index (χ1n) is 14.6. The maximum Gasteiger partial charge on any atom is 0.341 e. The number of halogens is 1. The number of esters is 1. The highest BCUT2D eigenvalue weighted by Crippen LogP contribution is 2.45. The predicted molar refractivity (Wildman–Crippen MR) is 180 cm³/mol. The van der Waals surface area contributed by atoms with E-state index in [1.54, 1.807) is 25.1 Å². The lowest BCUT2D eigenvalue weighted by Gasteiger charge is -2.33. The van der Waals surface area contributed by atoms with Crippen LogP contribution in [0.2, 0.25) is 0 Å². The molecule has 0 aliphatic heterocycles. The summed E-state index contributed by atoms with van der Waals surface area (Å²) in [6.45, 7) is 12.8. The van der Waals surface area contributed by atoms with Crippen molar-refractivity contribution in [1.29, 1.82) is 0 Å². The number of hydrogen-bond donors (Lipinski definition) is 2. The standard InChI is InChI=1S/C33H37BrN4O4S2/c1-7-42-31(41)28-22-11-9-20(33(4,5)6)15-26(22)44-30(28)35-27(40)17-43-32-37-36-29(23-16-21(34)10-13-25(23)39)38(32)24-12-8-18(2)14-19(24)3/h8,10,12-14,16,20,39H,7,9,11,15,17H2,1-6H3,(H,35,40)/t20-/m1/s1. The molecule has 1 atom stereocenters. The number of thiophene rings is 1. The number of nitrogens with zero attached hydrogens (tertiary/aromatic N) is 3. The van der Waals surface area contributed by atoms with Gasteiger partial charge in [0, 0.05) is 9.35 Å². The summed E-state index contributed by atoms with van der Waals surface area (Å²) in [7, 11) is 0. The monoisotopic (exact) mass is 696 g/mol. The van der Waals surface area contributed by atoms with Gasteiger partial charge in [-0.15, -0.1) is 21.5 Å². The van der Waals surface area contributed by atoms with Gasteiger partial charge in [0.05, 0.1) is 29.2 Å². The van der Waals surface area contributed by atoms with Gasteiger partial charge < -0.3 is 15.2 Å². The van der Waals surface area contributed by atoms with Crippen LogP contribution in [0.3, 0.4) is 0 Å². The van der Waals surface area contributed by atoms with E-state index < -0.39 is 5.97 Å². The zero-order valence-electron chi connectivity index (χ0n) is 25.8. The molecule has 2 aromatic carbocycles. The third-order valence-corrected chi connectivity index (χ3v) is 10.6. The van der Waals surface area contributed by atoms with Gasteiger partial charge in [-0.05, 0) is 86.8 Å². The summed E-state index contributed by atoms with van der Waals surface area (Å²) < 4.78 is 8.07. The van der Waals surface area contributed by atoms with Gasteiger partial charge in [0.25, 0.3) is 0 Å². The first-order chi connectivity index (χ1) is 20.9. The minimum absolute atomic E-state index is 0.0446. The Bertz CT molecular complexity index is 1720. The average molecular weight is 698 g/mol. The Morgan fingerprint density at radius 3 is 2.66 bits per heavy atom. The topological polar surface area (TPSA) is 106 Å². The molecule has 8 nitrogen and oxygen atoms in total. The zero-order chi connectivity index (χ0) is 31.8. The van der Waals surface area contributed by atoms with E-state index in [0.717, 1.165) is 51.0 Å². The predicted octanol–water partition coefficient (Wildman–Crippen LogP) is 8.14. The van der Waals surface area contributed by atoms with E-state index in [9.17, 15) is 14.7 Å². The summed E-state index contributed by atoms with van der Waals surface area (Å²) in [4.78, 5) is 27.6. The molecule has 4 aromatic rings. The number of carbonyl (C=O) groups excluding carboxylic acids is 2. The molecule has 0 saturated heterocycles. The Kier molecular flexibility index (Phi) is 9.58. The fourth-order valence-electron chi connectivity index (χ4n) is 5.62. The summed E-state index contributed by atoms with van der Waals surface area (Å²) in [5.74, 6) is 0.426. The molecule has 0 radical (unpaired) electrons. The van der Waals surface area contributed by atoms with Crippen LogP contribution in [0, 0.1) is 25.2 Å². The van der Waals surface area contributed by atoms with E-state index in [4.69, 9.17) is 4.74 Å². The number of phenols is 1. The SMILES string of the molecule is CCOC(=O)c1c(NC(=O)CSc2nnc(-c3cc(Br)ccc3O)n2-c2ccc(C)cc2C)sc2c1CC[C@@H](C(C)(C)C)C2. The zero-order valence-corrected chi connectivity index (χ0v) is 29.0. The quantitative estimate of drug-likeness (QED) is 0.141. The average Bonchev–Trinajstić information content (AvgIpc) is 3.53. The first-order valence-corrected chi connectivity index (χ1v) is 17.2. The normalized spacial score (nSPS) is 14.8. The van der Waals surface area contributed by atoms with E-state index in [2.05, 4.69) is 58.3 Å². The van der Waals surface area contributed by atoms with Crippen molar-refractivity contribution in [3.63, 3.8) is 0 Å². The molecule has 2 N–H and O–H groups in total. The van der Waals surface area contributed by atoms with E-state index >= 15 is 0 Å². The van der Waals surface area contributed by atoms with E-state index in [-0.39, 0.29) is 29.4 Å². The number of amides is 1. The lowest BCUT2D eigenvalue weighted by atomic mass is 9.72. The number of anilines is 1. The minimum atomic E-state index is -0.393. The molecule has 0 unspecified atom stereocenters. The number of thioether (sulfide) groups is 1. The number of benzene rings is 2. The van der Waals surface area contributed by atoms with Crippen LogP contribution in [-0.2, 0) is 22.4 Å². The molecule has 232 valence electrons. The molecule has 1 amide bonds. The van der Waals surface area contributed by atoms with E-state index in [1.807, 2.05) is 30.5 Å². The highest BCUT2D eigenvalue weighted by atomic mass is 79.9. The van der Waals surface area contributed by atoms with E-state index in [0.29, 0.717) is 33.0 Å². The van der Waals surface area contributed by atoms with Gasteiger partial charge >= 0.3 is 5.97 Å². The lowest BCUT2D eigenvalue weighted by Crippen LogP contribution is -2.26. The Morgan fingerprint density at radius 2 is 1.95 bits per heavy atom. The third-order valence-electron chi connectivity index (χ3n) is 7.98. The van der Waals surface area contributed by atoms with Crippen LogP contribution in [-0.4, -0.2) is 44.1 Å². The van der Waals surface area contributed by atoms with Gasteiger partial charge in [0.15, 0.2) is 11.0 Å². The van der Waals surface area contributed by atoms with Crippen molar-refractivity contribution < 1.29 is 19.4 Å². The number of nitrogens with one attached hydrogen (secondary N) is 1. The van der Waals surface area contributed by atoms with Crippen LogP contribution in [0.5, 0.6) is 5.75 Å². The highest BCUT2D eigenvalue weighted by molar-refractivity contribution is 9.10. The van der Waals surface area contributed by atoms with Crippen LogP contribution in [0.1, 0.15) is 66.0 Å². The number of ether oxygens (including phenoxy) is 1. The number of aromatic nitrogens is 3. The fourth-order valence-corrected chi connectivity index (χ4v) is 8.06. The van der Waals surface area contributed by atoms with Crippen molar-refractivity contribution >= 4 is 55.9 Å². The molecule has 2 heterocycles. The molecule has 5 rings (SSSR count). The second kappa shape index (κ2) is 13.1. The number of aryl methyl sites for hydroxylation is 2. The first kappa shape index (κ1) is 32.2. The smallest absolute Gasteiger partial charge is 0.341 e. The largest absolute Gasteiger partial charge is 0.507 e. The molecule has 1 aliphatic carbocycles. The van der Waals surface area contributed by atoms with Crippen LogP contribution >= 0.6 is 39.0 Å². The summed E-state index contributed by atoms with van der Waals surface area (Å²) in [5.41, 5.74) is 5.13. The van der Waals surface area contributed by atoms with Crippen molar-refractivity contribution in [3.05, 3.63) is 68.0 Å².